The highest BCUT2D eigenvalue weighted by Crippen LogP contribution is 2.20. The largest absolute Gasteiger partial charge is 0.459 e. The highest BCUT2D eigenvalue weighted by Gasteiger charge is 2.13. The Morgan fingerprint density at radius 1 is 1.19 bits per heavy atom. The van der Waals surface area contributed by atoms with Crippen molar-refractivity contribution in [3.05, 3.63) is 24.2 Å². The zero-order valence-electron chi connectivity index (χ0n) is 15.5. The molecule has 0 saturated heterocycles. The predicted octanol–water partition coefficient (Wildman–Crippen LogP) is 2.53. The van der Waals surface area contributed by atoms with Gasteiger partial charge in [0.2, 0.25) is 0 Å². The number of rotatable bonds is 9. The third-order valence-electron chi connectivity index (χ3n) is 4.19. The number of aliphatic imine (C=N–C) groups is 1. The third-order valence-corrected chi connectivity index (χ3v) is 4.19. The summed E-state index contributed by atoms with van der Waals surface area (Å²) in [7, 11) is 1.73. The SMILES string of the molecule is CN=C(NCCCOC1CCCCC1)NCCNC(=O)c1ccco1.I. The average molecular weight is 478 g/mol. The maximum absolute atomic E-state index is 11.7. The molecular weight excluding hydrogens is 447 g/mol. The molecule has 2 rings (SSSR count). The zero-order valence-corrected chi connectivity index (χ0v) is 17.8. The molecule has 1 aromatic rings. The van der Waals surface area contributed by atoms with E-state index in [1.54, 1.807) is 19.2 Å². The normalized spacial score (nSPS) is 15.2. The van der Waals surface area contributed by atoms with E-state index >= 15 is 0 Å². The van der Waals surface area contributed by atoms with Crippen LogP contribution >= 0.6 is 24.0 Å². The lowest BCUT2D eigenvalue weighted by atomic mass is 9.98. The van der Waals surface area contributed by atoms with Gasteiger partial charge in [0.25, 0.3) is 5.91 Å². The van der Waals surface area contributed by atoms with Crippen molar-refractivity contribution in [1.82, 2.24) is 16.0 Å². The number of guanidine groups is 1. The number of hydrogen-bond acceptors (Lipinski definition) is 4. The number of carbonyl (C=O) groups is 1. The minimum atomic E-state index is -0.213. The first-order valence-corrected chi connectivity index (χ1v) is 9.17. The summed E-state index contributed by atoms with van der Waals surface area (Å²) in [5, 5.41) is 9.19. The molecule has 0 unspecified atom stereocenters. The fourth-order valence-electron chi connectivity index (χ4n) is 2.83. The molecule has 1 amide bonds. The van der Waals surface area contributed by atoms with Gasteiger partial charge in [0, 0.05) is 33.3 Å². The molecule has 3 N–H and O–H groups in total. The van der Waals surface area contributed by atoms with Crippen molar-refractivity contribution in [3.63, 3.8) is 0 Å². The Bertz CT molecular complexity index is 517. The van der Waals surface area contributed by atoms with E-state index in [9.17, 15) is 4.79 Å². The lowest BCUT2D eigenvalue weighted by molar-refractivity contribution is 0.0277. The molecule has 1 fully saturated rings. The minimum absolute atomic E-state index is 0. The molecule has 1 saturated carbocycles. The van der Waals surface area contributed by atoms with Crippen LogP contribution in [0.3, 0.4) is 0 Å². The quantitative estimate of drug-likeness (QED) is 0.220. The number of carbonyl (C=O) groups excluding carboxylic acids is 1. The van der Waals surface area contributed by atoms with Crippen molar-refractivity contribution in [2.45, 2.75) is 44.6 Å². The smallest absolute Gasteiger partial charge is 0.287 e. The molecule has 0 aliphatic heterocycles. The molecule has 0 spiro atoms. The molecule has 0 radical (unpaired) electrons. The fourth-order valence-corrected chi connectivity index (χ4v) is 2.83. The van der Waals surface area contributed by atoms with Gasteiger partial charge in [0.1, 0.15) is 0 Å². The van der Waals surface area contributed by atoms with Crippen LogP contribution in [-0.4, -0.2) is 51.3 Å². The summed E-state index contributed by atoms with van der Waals surface area (Å²) in [6.45, 7) is 2.68. The molecule has 1 heterocycles. The Kier molecular flexibility index (Phi) is 12.1. The number of nitrogens with zero attached hydrogens (tertiary/aromatic N) is 1. The lowest BCUT2D eigenvalue weighted by Gasteiger charge is -2.22. The molecule has 1 aliphatic rings. The van der Waals surface area contributed by atoms with E-state index in [1.165, 1.54) is 38.4 Å². The molecular formula is C18H31IN4O3. The topological polar surface area (TPSA) is 87.9 Å². The molecule has 148 valence electrons. The van der Waals surface area contributed by atoms with Crippen LogP contribution in [0, 0.1) is 0 Å². The first-order valence-electron chi connectivity index (χ1n) is 9.17. The van der Waals surface area contributed by atoms with Crippen LogP contribution in [0.2, 0.25) is 0 Å². The van der Waals surface area contributed by atoms with Gasteiger partial charge in [-0.1, -0.05) is 19.3 Å². The average Bonchev–Trinajstić information content (AvgIpc) is 3.18. The van der Waals surface area contributed by atoms with E-state index in [4.69, 9.17) is 9.15 Å². The van der Waals surface area contributed by atoms with E-state index in [-0.39, 0.29) is 29.9 Å². The van der Waals surface area contributed by atoms with E-state index in [1.807, 2.05) is 0 Å². The van der Waals surface area contributed by atoms with Crippen molar-refractivity contribution in [2.24, 2.45) is 4.99 Å². The summed E-state index contributed by atoms with van der Waals surface area (Å²) in [4.78, 5) is 15.9. The van der Waals surface area contributed by atoms with Crippen LogP contribution in [0.5, 0.6) is 0 Å². The van der Waals surface area contributed by atoms with Crippen molar-refractivity contribution >= 4 is 35.8 Å². The Morgan fingerprint density at radius 2 is 1.92 bits per heavy atom. The highest BCUT2D eigenvalue weighted by atomic mass is 127. The van der Waals surface area contributed by atoms with Gasteiger partial charge in [-0.15, -0.1) is 24.0 Å². The molecule has 7 nitrogen and oxygen atoms in total. The van der Waals surface area contributed by atoms with Crippen LogP contribution in [0.15, 0.2) is 27.8 Å². The van der Waals surface area contributed by atoms with Crippen LogP contribution < -0.4 is 16.0 Å². The van der Waals surface area contributed by atoms with E-state index in [2.05, 4.69) is 20.9 Å². The van der Waals surface area contributed by atoms with Crippen LogP contribution in [0.25, 0.3) is 0 Å². The lowest BCUT2D eigenvalue weighted by Crippen LogP contribution is -2.42. The second-order valence-electron chi connectivity index (χ2n) is 6.14. The van der Waals surface area contributed by atoms with E-state index in [0.29, 0.717) is 25.0 Å². The minimum Gasteiger partial charge on any atom is -0.459 e. The van der Waals surface area contributed by atoms with Gasteiger partial charge in [-0.2, -0.15) is 0 Å². The number of hydrogen-bond donors (Lipinski definition) is 3. The van der Waals surface area contributed by atoms with Gasteiger partial charge in [-0.25, -0.2) is 0 Å². The molecule has 0 bridgehead atoms. The number of furan rings is 1. The van der Waals surface area contributed by atoms with E-state index in [0.717, 1.165) is 25.5 Å². The molecule has 8 heteroatoms. The van der Waals surface area contributed by atoms with Gasteiger partial charge in [-0.3, -0.25) is 9.79 Å². The summed E-state index contributed by atoms with van der Waals surface area (Å²) in [6, 6.07) is 3.33. The third kappa shape index (κ3) is 8.88. The maximum atomic E-state index is 11.7. The first-order chi connectivity index (χ1) is 12.3. The second kappa shape index (κ2) is 13.9. The van der Waals surface area contributed by atoms with Gasteiger partial charge >= 0.3 is 0 Å². The van der Waals surface area contributed by atoms with Gasteiger partial charge in [-0.05, 0) is 31.4 Å². The second-order valence-corrected chi connectivity index (χ2v) is 6.14. The monoisotopic (exact) mass is 478 g/mol. The summed E-state index contributed by atoms with van der Waals surface area (Å²) in [6.07, 6.45) is 9.27. The molecule has 1 aromatic heterocycles. The molecule has 0 aromatic carbocycles. The molecule has 26 heavy (non-hydrogen) atoms. The van der Waals surface area contributed by atoms with Crippen LogP contribution in [0.1, 0.15) is 49.1 Å². The number of amides is 1. The maximum Gasteiger partial charge on any atom is 0.287 e. The van der Waals surface area contributed by atoms with Crippen LogP contribution in [0.4, 0.5) is 0 Å². The van der Waals surface area contributed by atoms with Crippen molar-refractivity contribution in [1.29, 1.82) is 0 Å². The molecule has 1 aliphatic carbocycles. The summed E-state index contributed by atoms with van der Waals surface area (Å²) in [5.41, 5.74) is 0. The fraction of sp³-hybridized carbons (Fsp3) is 0.667. The van der Waals surface area contributed by atoms with Crippen LogP contribution in [-0.2, 0) is 4.74 Å². The summed E-state index contributed by atoms with van der Waals surface area (Å²) >= 11 is 0. The zero-order chi connectivity index (χ0) is 17.7. The van der Waals surface area contributed by atoms with Gasteiger partial charge in [0.05, 0.1) is 12.4 Å². The Hall–Kier alpha value is -1.29. The highest BCUT2D eigenvalue weighted by molar-refractivity contribution is 14.0. The molecule has 0 atom stereocenters. The summed E-state index contributed by atoms with van der Waals surface area (Å²) < 4.78 is 10.9. The Labute approximate surface area is 172 Å². The van der Waals surface area contributed by atoms with Crippen molar-refractivity contribution in [2.75, 3.05) is 33.3 Å². The number of ether oxygens (including phenoxy) is 1. The van der Waals surface area contributed by atoms with Gasteiger partial charge < -0.3 is 25.1 Å². The van der Waals surface area contributed by atoms with Gasteiger partial charge in [0.15, 0.2) is 11.7 Å². The van der Waals surface area contributed by atoms with Crippen molar-refractivity contribution in [3.8, 4) is 0 Å². The number of halogens is 1. The van der Waals surface area contributed by atoms with E-state index < -0.39 is 0 Å². The number of nitrogens with one attached hydrogen (secondary N) is 3. The Morgan fingerprint density at radius 3 is 2.62 bits per heavy atom. The Balaban J connectivity index is 0.00000338. The van der Waals surface area contributed by atoms with Crippen molar-refractivity contribution < 1.29 is 13.9 Å². The summed E-state index contributed by atoms with van der Waals surface area (Å²) in [5.74, 6) is 0.833. The predicted molar refractivity (Wildman–Crippen MR) is 113 cm³/mol. The standard InChI is InChI=1S/C18H30N4O3.HI/c1-19-18(21-10-6-14-24-15-7-3-2-4-8-15)22-12-11-20-17(23)16-9-5-13-25-16;/h5,9,13,15H,2-4,6-8,10-12,14H2,1H3,(H,20,23)(H2,19,21,22);1H. The first kappa shape index (κ1) is 22.8.